The molecule has 2 rings (SSSR count). The van der Waals surface area contributed by atoms with E-state index >= 15 is 0 Å². The molecule has 112 valence electrons. The molecular weight excluding hydrogens is 311 g/mol. The van der Waals surface area contributed by atoms with Gasteiger partial charge in [-0.1, -0.05) is 35.3 Å². The summed E-state index contributed by atoms with van der Waals surface area (Å²) in [4.78, 5) is 8.01. The van der Waals surface area contributed by atoms with E-state index in [1.165, 1.54) is 6.33 Å². The molecule has 3 N–H and O–H groups in total. The van der Waals surface area contributed by atoms with Gasteiger partial charge < -0.3 is 15.7 Å². The summed E-state index contributed by atoms with van der Waals surface area (Å²) in [6, 6.07) is 7.11. The van der Waals surface area contributed by atoms with Gasteiger partial charge in [0, 0.05) is 18.6 Å². The van der Waals surface area contributed by atoms with Gasteiger partial charge in [-0.3, -0.25) is 0 Å². The normalized spacial score (nSPS) is 13.6. The predicted molar refractivity (Wildman–Crippen MR) is 86.1 cm³/mol. The molecule has 0 fully saturated rings. The van der Waals surface area contributed by atoms with Gasteiger partial charge >= 0.3 is 0 Å². The van der Waals surface area contributed by atoms with E-state index in [1.807, 2.05) is 6.07 Å². The molecule has 1 heterocycles. The minimum atomic E-state index is -1.10. The number of nitrogens with one attached hydrogen (secondary N) is 2. The fourth-order valence-corrected chi connectivity index (χ4v) is 2.32. The topological polar surface area (TPSA) is 70.1 Å². The number of hydrogen-bond donors (Lipinski definition) is 3. The highest BCUT2D eigenvalue weighted by Crippen LogP contribution is 2.28. The van der Waals surface area contributed by atoms with Crippen molar-refractivity contribution in [3.63, 3.8) is 0 Å². The number of nitrogens with zero attached hydrogens (tertiary/aromatic N) is 2. The third-order valence-corrected chi connectivity index (χ3v) is 3.62. The van der Waals surface area contributed by atoms with Crippen LogP contribution in [0.2, 0.25) is 10.2 Å². The van der Waals surface area contributed by atoms with Crippen molar-refractivity contribution in [1.29, 1.82) is 0 Å². The van der Waals surface area contributed by atoms with Crippen LogP contribution in [0.4, 0.5) is 11.5 Å². The molecule has 21 heavy (non-hydrogen) atoms. The summed E-state index contributed by atoms with van der Waals surface area (Å²) in [5, 5.41) is 17.5. The fraction of sp³-hybridized carbons (Fsp3) is 0.286. The fourth-order valence-electron chi connectivity index (χ4n) is 1.90. The van der Waals surface area contributed by atoms with Gasteiger partial charge in [-0.15, -0.1) is 0 Å². The number of rotatable bonds is 5. The maximum atomic E-state index is 10.6. The monoisotopic (exact) mass is 326 g/mol. The Kier molecular flexibility index (Phi) is 4.88. The number of halogens is 2. The van der Waals surface area contributed by atoms with Gasteiger partial charge in [0.15, 0.2) is 11.0 Å². The standard InChI is InChI=1S/C14H16Cl2N4O/c1-14(21,9-4-3-5-10(15)6-9)7-18-13-11(17-2)12(16)19-8-20-13/h3-6,8,17,21H,7H2,1-2H3,(H,18,19,20). The first-order valence-corrected chi connectivity index (χ1v) is 7.10. The average Bonchev–Trinajstić information content (AvgIpc) is 2.45. The average molecular weight is 327 g/mol. The smallest absolute Gasteiger partial charge is 0.157 e. The van der Waals surface area contributed by atoms with Crippen LogP contribution in [0.25, 0.3) is 0 Å². The van der Waals surface area contributed by atoms with Crippen LogP contribution in [-0.4, -0.2) is 28.7 Å². The van der Waals surface area contributed by atoms with Gasteiger partial charge in [0.1, 0.15) is 17.6 Å². The van der Waals surface area contributed by atoms with Crippen LogP contribution in [0, 0.1) is 0 Å². The molecule has 1 unspecified atom stereocenters. The zero-order valence-electron chi connectivity index (χ0n) is 11.7. The van der Waals surface area contributed by atoms with E-state index in [9.17, 15) is 5.11 Å². The first-order chi connectivity index (χ1) is 9.94. The molecule has 7 heteroatoms. The molecule has 0 bridgehead atoms. The molecule has 1 atom stereocenters. The highest BCUT2D eigenvalue weighted by molar-refractivity contribution is 6.32. The Labute approximate surface area is 133 Å². The summed E-state index contributed by atoms with van der Waals surface area (Å²) in [5.74, 6) is 0.528. The van der Waals surface area contributed by atoms with E-state index in [4.69, 9.17) is 23.2 Å². The third-order valence-electron chi connectivity index (χ3n) is 3.10. The lowest BCUT2D eigenvalue weighted by Gasteiger charge is -2.25. The SMILES string of the molecule is CNc1c(Cl)ncnc1NCC(C)(O)c1cccc(Cl)c1. The van der Waals surface area contributed by atoms with Crippen molar-refractivity contribution in [2.45, 2.75) is 12.5 Å². The van der Waals surface area contributed by atoms with Crippen LogP contribution in [0.15, 0.2) is 30.6 Å². The molecule has 0 saturated heterocycles. The Hall–Kier alpha value is -1.56. The van der Waals surface area contributed by atoms with Crippen molar-refractivity contribution in [3.05, 3.63) is 46.3 Å². The summed E-state index contributed by atoms with van der Waals surface area (Å²) >= 11 is 11.9. The molecule has 0 aliphatic rings. The van der Waals surface area contributed by atoms with E-state index in [0.29, 0.717) is 27.2 Å². The van der Waals surface area contributed by atoms with Gasteiger partial charge in [0.05, 0.1) is 0 Å². The minimum Gasteiger partial charge on any atom is -0.384 e. The lowest BCUT2D eigenvalue weighted by atomic mass is 9.96. The van der Waals surface area contributed by atoms with Gasteiger partial charge in [0.2, 0.25) is 0 Å². The van der Waals surface area contributed by atoms with Crippen molar-refractivity contribution in [1.82, 2.24) is 9.97 Å². The second-order valence-electron chi connectivity index (χ2n) is 4.78. The number of benzene rings is 1. The Balaban J connectivity index is 2.17. The predicted octanol–water partition coefficient (Wildman–Crippen LogP) is 3.14. The zero-order chi connectivity index (χ0) is 15.5. The van der Waals surface area contributed by atoms with Crippen LogP contribution in [0.5, 0.6) is 0 Å². The molecule has 0 amide bonds. The molecule has 0 radical (unpaired) electrons. The number of aromatic nitrogens is 2. The largest absolute Gasteiger partial charge is 0.384 e. The molecule has 1 aromatic heterocycles. The van der Waals surface area contributed by atoms with Crippen LogP contribution in [0.1, 0.15) is 12.5 Å². The van der Waals surface area contributed by atoms with Gasteiger partial charge in [-0.2, -0.15) is 0 Å². The summed E-state index contributed by atoms with van der Waals surface area (Å²) in [6.45, 7) is 1.95. The zero-order valence-corrected chi connectivity index (χ0v) is 13.2. The Bertz CT molecular complexity index is 634. The second-order valence-corrected chi connectivity index (χ2v) is 5.57. The van der Waals surface area contributed by atoms with Crippen molar-refractivity contribution >= 4 is 34.7 Å². The molecule has 0 spiro atoms. The number of hydrogen-bond acceptors (Lipinski definition) is 5. The third kappa shape index (κ3) is 3.75. The van der Waals surface area contributed by atoms with Crippen molar-refractivity contribution in [2.75, 3.05) is 24.2 Å². The molecule has 0 aliphatic carbocycles. The van der Waals surface area contributed by atoms with E-state index in [0.717, 1.165) is 0 Å². The Morgan fingerprint density at radius 1 is 1.29 bits per heavy atom. The lowest BCUT2D eigenvalue weighted by Crippen LogP contribution is -2.31. The first kappa shape index (κ1) is 15.8. The van der Waals surface area contributed by atoms with Crippen molar-refractivity contribution in [3.8, 4) is 0 Å². The van der Waals surface area contributed by atoms with E-state index in [1.54, 1.807) is 32.2 Å². The Morgan fingerprint density at radius 3 is 2.71 bits per heavy atom. The van der Waals surface area contributed by atoms with Crippen LogP contribution >= 0.6 is 23.2 Å². The summed E-state index contributed by atoms with van der Waals surface area (Å²) in [7, 11) is 1.73. The second kappa shape index (κ2) is 6.47. The molecule has 0 saturated carbocycles. The number of anilines is 2. The molecule has 5 nitrogen and oxygen atoms in total. The molecule has 2 aromatic rings. The summed E-state index contributed by atoms with van der Waals surface area (Å²) in [5.41, 5.74) is 0.197. The van der Waals surface area contributed by atoms with E-state index < -0.39 is 5.60 Å². The van der Waals surface area contributed by atoms with Crippen LogP contribution in [0.3, 0.4) is 0 Å². The summed E-state index contributed by atoms with van der Waals surface area (Å²) < 4.78 is 0. The van der Waals surface area contributed by atoms with Gasteiger partial charge in [-0.05, 0) is 24.6 Å². The molecule has 1 aromatic carbocycles. The maximum absolute atomic E-state index is 10.6. The minimum absolute atomic E-state index is 0.245. The number of aliphatic hydroxyl groups is 1. The van der Waals surface area contributed by atoms with E-state index in [-0.39, 0.29) is 6.54 Å². The highest BCUT2D eigenvalue weighted by atomic mass is 35.5. The van der Waals surface area contributed by atoms with Crippen molar-refractivity contribution < 1.29 is 5.11 Å². The summed E-state index contributed by atoms with van der Waals surface area (Å²) in [6.07, 6.45) is 1.36. The van der Waals surface area contributed by atoms with Crippen LogP contribution < -0.4 is 10.6 Å². The maximum Gasteiger partial charge on any atom is 0.157 e. The van der Waals surface area contributed by atoms with Crippen molar-refractivity contribution in [2.24, 2.45) is 0 Å². The van der Waals surface area contributed by atoms with Gasteiger partial charge in [-0.25, -0.2) is 9.97 Å². The van der Waals surface area contributed by atoms with Gasteiger partial charge in [0.25, 0.3) is 0 Å². The first-order valence-electron chi connectivity index (χ1n) is 6.34. The molecular formula is C14H16Cl2N4O. The lowest BCUT2D eigenvalue weighted by molar-refractivity contribution is 0.0714. The van der Waals surface area contributed by atoms with E-state index in [2.05, 4.69) is 20.6 Å². The molecule has 0 aliphatic heterocycles. The Morgan fingerprint density at radius 2 is 2.05 bits per heavy atom. The van der Waals surface area contributed by atoms with Crippen LogP contribution in [-0.2, 0) is 5.60 Å². The highest BCUT2D eigenvalue weighted by Gasteiger charge is 2.24. The quantitative estimate of drug-likeness (QED) is 0.736.